The lowest BCUT2D eigenvalue weighted by atomic mass is 10.1. The first kappa shape index (κ1) is 22.3. The van der Waals surface area contributed by atoms with Gasteiger partial charge < -0.3 is 29.7 Å². The Morgan fingerprint density at radius 1 is 0.960 bits per heavy atom. The highest BCUT2D eigenvalue weighted by Gasteiger charge is 2.17. The molecule has 1 saturated heterocycles. The molecule has 1 fully saturated rings. The number of hydrogen-bond donors (Lipinski definition) is 2. The molecule has 0 aromatic rings. The number of carbonyl (C=O) groups excluding carboxylic acids is 1. The number of nitrogens with one attached hydrogen (secondary N) is 2. The van der Waals surface area contributed by atoms with E-state index in [1.165, 1.54) is 12.8 Å². The van der Waals surface area contributed by atoms with E-state index in [0.29, 0.717) is 52.0 Å². The van der Waals surface area contributed by atoms with Crippen LogP contribution >= 0.6 is 0 Å². The van der Waals surface area contributed by atoms with Gasteiger partial charge in [0.05, 0.1) is 39.6 Å². The molecule has 0 spiro atoms. The third-order valence-corrected chi connectivity index (χ3v) is 4.27. The fourth-order valence-corrected chi connectivity index (χ4v) is 2.77. The smallest absolute Gasteiger partial charge is 0.219 e. The topological polar surface area (TPSA) is 72.1 Å². The second-order valence-corrected chi connectivity index (χ2v) is 6.21. The van der Waals surface area contributed by atoms with Gasteiger partial charge in [-0.05, 0) is 32.5 Å². The van der Waals surface area contributed by atoms with Gasteiger partial charge in [-0.25, -0.2) is 0 Å². The summed E-state index contributed by atoms with van der Waals surface area (Å²) in [6, 6.07) is 0.695. The summed E-state index contributed by atoms with van der Waals surface area (Å²) in [6.45, 7) is 12.6. The van der Waals surface area contributed by atoms with Gasteiger partial charge in [-0.1, -0.05) is 13.8 Å². The van der Waals surface area contributed by atoms with E-state index in [0.717, 1.165) is 32.8 Å². The van der Waals surface area contributed by atoms with Gasteiger partial charge in [0, 0.05) is 25.6 Å². The highest BCUT2D eigenvalue weighted by atomic mass is 16.5. The van der Waals surface area contributed by atoms with Crippen molar-refractivity contribution in [2.24, 2.45) is 0 Å². The molecule has 0 unspecified atom stereocenters. The highest BCUT2D eigenvalue weighted by Crippen LogP contribution is 2.09. The Hall–Kier alpha value is -0.730. The third kappa shape index (κ3) is 12.3. The van der Waals surface area contributed by atoms with Crippen molar-refractivity contribution in [2.45, 2.75) is 39.2 Å². The van der Waals surface area contributed by atoms with Crippen molar-refractivity contribution in [3.05, 3.63) is 0 Å². The van der Waals surface area contributed by atoms with Crippen molar-refractivity contribution in [3.8, 4) is 0 Å². The number of piperidine rings is 1. The van der Waals surface area contributed by atoms with Gasteiger partial charge >= 0.3 is 0 Å². The predicted molar refractivity (Wildman–Crippen MR) is 98.9 cm³/mol. The maximum Gasteiger partial charge on any atom is 0.219 e. The van der Waals surface area contributed by atoms with Crippen LogP contribution in [-0.4, -0.2) is 89.2 Å². The molecule has 1 aliphatic heterocycles. The number of carbonyl (C=O) groups is 1. The average molecular weight is 360 g/mol. The zero-order chi connectivity index (χ0) is 18.2. The summed E-state index contributed by atoms with van der Waals surface area (Å²) >= 11 is 0. The normalized spacial score (nSPS) is 16.2. The van der Waals surface area contributed by atoms with E-state index in [4.69, 9.17) is 14.2 Å². The molecule has 0 aromatic heterocycles. The molecule has 0 saturated carbocycles. The summed E-state index contributed by atoms with van der Waals surface area (Å²) in [6.07, 6.45) is 2.98. The first-order valence-corrected chi connectivity index (χ1v) is 9.71. The van der Waals surface area contributed by atoms with E-state index in [2.05, 4.69) is 22.5 Å². The van der Waals surface area contributed by atoms with Crippen LogP contribution in [0.5, 0.6) is 0 Å². The molecule has 7 heteroatoms. The Morgan fingerprint density at radius 3 is 2.16 bits per heavy atom. The van der Waals surface area contributed by atoms with E-state index >= 15 is 0 Å². The first-order chi connectivity index (χ1) is 12.3. The number of nitrogens with zero attached hydrogens (tertiary/aromatic N) is 1. The fraction of sp³-hybridized carbons (Fsp3) is 0.944. The molecule has 0 bridgehead atoms. The molecule has 0 aromatic carbocycles. The number of amides is 1. The molecular formula is C18H37N3O4. The number of ether oxygens (including phenoxy) is 3. The molecule has 1 rings (SSSR count). The van der Waals surface area contributed by atoms with Gasteiger partial charge in [-0.3, -0.25) is 4.79 Å². The monoisotopic (exact) mass is 359 g/mol. The molecule has 2 N–H and O–H groups in total. The molecule has 1 amide bonds. The van der Waals surface area contributed by atoms with Crippen molar-refractivity contribution >= 4 is 5.91 Å². The van der Waals surface area contributed by atoms with Crippen molar-refractivity contribution in [3.63, 3.8) is 0 Å². The first-order valence-electron chi connectivity index (χ1n) is 9.71. The lowest BCUT2D eigenvalue weighted by Crippen LogP contribution is -2.43. The zero-order valence-corrected chi connectivity index (χ0v) is 16.1. The lowest BCUT2D eigenvalue weighted by molar-refractivity contribution is -0.121. The van der Waals surface area contributed by atoms with Crippen molar-refractivity contribution in [2.75, 3.05) is 72.4 Å². The van der Waals surface area contributed by atoms with Gasteiger partial charge in [0.15, 0.2) is 0 Å². The van der Waals surface area contributed by atoms with Crippen molar-refractivity contribution in [1.29, 1.82) is 0 Å². The molecular weight excluding hydrogens is 322 g/mol. The van der Waals surface area contributed by atoms with Crippen LogP contribution in [0.15, 0.2) is 0 Å². The minimum atomic E-state index is 0.0546. The highest BCUT2D eigenvalue weighted by molar-refractivity contribution is 5.75. The van der Waals surface area contributed by atoms with E-state index in [1.807, 2.05) is 6.92 Å². The minimum Gasteiger partial charge on any atom is -0.378 e. The Kier molecular flexibility index (Phi) is 13.8. The van der Waals surface area contributed by atoms with Gasteiger partial charge in [0.25, 0.3) is 0 Å². The molecule has 148 valence electrons. The summed E-state index contributed by atoms with van der Waals surface area (Å²) < 4.78 is 16.4. The van der Waals surface area contributed by atoms with Gasteiger partial charge in [0.2, 0.25) is 5.91 Å². The Balaban J connectivity index is 1.77. The van der Waals surface area contributed by atoms with Gasteiger partial charge in [-0.2, -0.15) is 0 Å². The summed E-state index contributed by atoms with van der Waals surface area (Å²) in [5.74, 6) is 0.0546. The van der Waals surface area contributed by atoms with E-state index in [1.54, 1.807) is 0 Å². The molecule has 25 heavy (non-hydrogen) atoms. The van der Waals surface area contributed by atoms with Gasteiger partial charge in [0.1, 0.15) is 0 Å². The minimum absolute atomic E-state index is 0.0546. The lowest BCUT2D eigenvalue weighted by Gasteiger charge is -2.32. The van der Waals surface area contributed by atoms with Crippen LogP contribution in [0.3, 0.4) is 0 Å². The fourth-order valence-electron chi connectivity index (χ4n) is 2.77. The number of likely N-dealkylation sites (tertiary alicyclic amines) is 1. The zero-order valence-electron chi connectivity index (χ0n) is 16.1. The third-order valence-electron chi connectivity index (χ3n) is 4.27. The van der Waals surface area contributed by atoms with Crippen LogP contribution in [0.25, 0.3) is 0 Å². The van der Waals surface area contributed by atoms with Crippen LogP contribution in [0.2, 0.25) is 0 Å². The predicted octanol–water partition coefficient (Wildman–Crippen LogP) is 0.636. The number of rotatable bonds is 15. The Labute approximate surface area is 152 Å². The maximum atomic E-state index is 11.0. The molecule has 0 atom stereocenters. The molecule has 1 aliphatic rings. The number of hydrogen-bond acceptors (Lipinski definition) is 6. The van der Waals surface area contributed by atoms with Crippen LogP contribution in [0.4, 0.5) is 0 Å². The second kappa shape index (κ2) is 15.5. The summed E-state index contributed by atoms with van der Waals surface area (Å²) in [7, 11) is 0. The van der Waals surface area contributed by atoms with Crippen LogP contribution in [-0.2, 0) is 19.0 Å². The summed E-state index contributed by atoms with van der Waals surface area (Å²) in [4.78, 5) is 13.5. The largest absolute Gasteiger partial charge is 0.378 e. The van der Waals surface area contributed by atoms with Crippen molar-refractivity contribution in [1.82, 2.24) is 15.5 Å². The summed E-state index contributed by atoms with van der Waals surface area (Å²) in [5, 5.41) is 6.28. The molecule has 1 heterocycles. The Bertz CT molecular complexity index is 323. The quantitative estimate of drug-likeness (QED) is 0.418. The van der Waals surface area contributed by atoms with Gasteiger partial charge in [-0.15, -0.1) is 0 Å². The van der Waals surface area contributed by atoms with Crippen molar-refractivity contribution < 1.29 is 19.0 Å². The van der Waals surface area contributed by atoms with Crippen LogP contribution < -0.4 is 10.6 Å². The maximum absolute atomic E-state index is 11.0. The van der Waals surface area contributed by atoms with E-state index < -0.39 is 0 Å². The standard InChI is InChI=1S/C18H37N3O4/c1-3-18(22)20-7-11-23-13-15-25-16-14-24-12-10-21-8-5-17(6-9-21)19-4-2/h17,19H,3-16H2,1-2H3,(H,20,22). The Morgan fingerprint density at radius 2 is 1.56 bits per heavy atom. The molecule has 0 aliphatic carbocycles. The molecule has 0 radical (unpaired) electrons. The van der Waals surface area contributed by atoms with Crippen LogP contribution in [0, 0.1) is 0 Å². The molecule has 7 nitrogen and oxygen atoms in total. The average Bonchev–Trinajstić information content (AvgIpc) is 2.64. The van der Waals surface area contributed by atoms with E-state index in [-0.39, 0.29) is 5.91 Å². The summed E-state index contributed by atoms with van der Waals surface area (Å²) in [5.41, 5.74) is 0. The second-order valence-electron chi connectivity index (χ2n) is 6.21. The van der Waals surface area contributed by atoms with E-state index in [9.17, 15) is 4.79 Å². The van der Waals surface area contributed by atoms with Crippen LogP contribution in [0.1, 0.15) is 33.1 Å². The SMILES string of the molecule is CCNC1CCN(CCOCCOCCOCCNC(=O)CC)CC1.